The Morgan fingerprint density at radius 1 is 0.613 bits per heavy atom. The molecule has 0 radical (unpaired) electrons. The molecule has 4 aromatic carbocycles. The van der Waals surface area contributed by atoms with Crippen LogP contribution in [-0.4, -0.2) is 19.1 Å². The number of ether oxygens (including phenoxy) is 1. The van der Waals surface area contributed by atoms with Crippen molar-refractivity contribution in [2.45, 2.75) is 0 Å². The summed E-state index contributed by atoms with van der Waals surface area (Å²) in [4.78, 5) is 10.9. The van der Waals surface area contributed by atoms with Crippen molar-refractivity contribution in [1.82, 2.24) is 0 Å². The molecule has 0 aliphatic heterocycles. The maximum atomic E-state index is 10.9. The van der Waals surface area contributed by atoms with Crippen molar-refractivity contribution in [2.24, 2.45) is 0 Å². The van der Waals surface area contributed by atoms with E-state index in [1.165, 1.54) is 15.9 Å². The topological polar surface area (TPSA) is 26.3 Å². The summed E-state index contributed by atoms with van der Waals surface area (Å²) in [5, 5.41) is 4.05. The number of rotatable bonds is 8. The lowest BCUT2D eigenvalue weighted by molar-refractivity contribution is 0.112. The van der Waals surface area contributed by atoms with Gasteiger partial charge < -0.3 is 4.74 Å². The van der Waals surface area contributed by atoms with Crippen LogP contribution in [0.25, 0.3) is 0 Å². The predicted octanol–water partition coefficient (Wildman–Crippen LogP) is 5.45. The molecule has 0 aliphatic rings. The number of aldehydes is 1. The van der Waals surface area contributed by atoms with Gasteiger partial charge >= 0.3 is 0 Å². The van der Waals surface area contributed by atoms with E-state index in [9.17, 15) is 4.79 Å². The van der Waals surface area contributed by atoms with Gasteiger partial charge in [0.15, 0.2) is 0 Å². The maximum absolute atomic E-state index is 10.9. The number of hydrogen-bond acceptors (Lipinski definition) is 2. The summed E-state index contributed by atoms with van der Waals surface area (Å²) in [7, 11) is -1.89. The minimum absolute atomic E-state index is 0. The molecule has 0 amide bonds. The van der Waals surface area contributed by atoms with Crippen LogP contribution in [0, 0.1) is 0 Å². The second kappa shape index (κ2) is 11.0. The van der Waals surface area contributed by atoms with Crippen LogP contribution in [0.4, 0.5) is 0 Å². The first kappa shape index (κ1) is 22.9. The highest BCUT2D eigenvalue weighted by atomic mass is 79.9. The second-order valence-corrected chi connectivity index (χ2v) is 10.7. The third-order valence-electron chi connectivity index (χ3n) is 5.30. The van der Waals surface area contributed by atoms with E-state index in [4.69, 9.17) is 4.74 Å². The first-order valence-electron chi connectivity index (χ1n) is 10.1. The minimum atomic E-state index is -1.89. The van der Waals surface area contributed by atoms with Gasteiger partial charge in [-0.25, -0.2) is 0 Å². The van der Waals surface area contributed by atoms with Gasteiger partial charge in [0.05, 0.1) is 0 Å². The SMILES string of the molecule is Br.O=Cc1ccc(OCC[P+](c2ccccc2)(c2ccccc2)c2ccccc2)cc1. The number of benzene rings is 4. The fourth-order valence-corrected chi connectivity index (χ4v) is 7.90. The van der Waals surface area contributed by atoms with E-state index in [-0.39, 0.29) is 17.0 Å². The highest BCUT2D eigenvalue weighted by Gasteiger charge is 2.45. The van der Waals surface area contributed by atoms with Gasteiger partial charge in [-0.3, -0.25) is 4.79 Å². The van der Waals surface area contributed by atoms with Gasteiger partial charge in [-0.05, 0) is 60.7 Å². The highest BCUT2D eigenvalue weighted by Crippen LogP contribution is 2.54. The van der Waals surface area contributed by atoms with Gasteiger partial charge in [0.2, 0.25) is 0 Å². The van der Waals surface area contributed by atoms with Crippen LogP contribution in [0.3, 0.4) is 0 Å². The Bertz CT molecular complexity index is 972. The van der Waals surface area contributed by atoms with Gasteiger partial charge in [-0.15, -0.1) is 17.0 Å². The Kier molecular flexibility index (Phi) is 8.17. The van der Waals surface area contributed by atoms with Crippen molar-refractivity contribution in [3.63, 3.8) is 0 Å². The van der Waals surface area contributed by atoms with Crippen molar-refractivity contribution in [2.75, 3.05) is 12.8 Å². The van der Waals surface area contributed by atoms with E-state index in [1.54, 1.807) is 12.1 Å². The summed E-state index contributed by atoms with van der Waals surface area (Å²) in [5.41, 5.74) is 0.655. The summed E-state index contributed by atoms with van der Waals surface area (Å²) in [6.07, 6.45) is 1.74. The van der Waals surface area contributed by atoms with Gasteiger partial charge in [-0.1, -0.05) is 54.6 Å². The van der Waals surface area contributed by atoms with Gasteiger partial charge in [-0.2, -0.15) is 0 Å². The van der Waals surface area contributed by atoms with E-state index < -0.39 is 7.26 Å². The highest BCUT2D eigenvalue weighted by molar-refractivity contribution is 8.93. The molecule has 156 valence electrons. The molecule has 0 aromatic heterocycles. The molecule has 0 saturated heterocycles. The standard InChI is InChI=1S/C27H24O2P.BrH/c28-22-23-16-18-24(19-17-23)29-20-21-30(25-10-4-1-5-11-25,26-12-6-2-7-13-26)27-14-8-3-9-15-27;/h1-19,22H,20-21H2;1H/q+1;. The third-order valence-corrected chi connectivity index (χ3v) is 9.69. The summed E-state index contributed by atoms with van der Waals surface area (Å²) >= 11 is 0. The number of carbonyl (C=O) groups excluding carboxylic acids is 1. The zero-order valence-corrected chi connectivity index (χ0v) is 19.7. The van der Waals surface area contributed by atoms with E-state index in [0.29, 0.717) is 12.2 Å². The average Bonchev–Trinajstić information content (AvgIpc) is 2.84. The molecule has 0 saturated carbocycles. The van der Waals surface area contributed by atoms with E-state index in [1.807, 2.05) is 12.1 Å². The fourth-order valence-electron chi connectivity index (χ4n) is 3.82. The quantitative estimate of drug-likeness (QED) is 0.242. The van der Waals surface area contributed by atoms with Crippen LogP contribution in [0.5, 0.6) is 5.75 Å². The number of halogens is 1. The van der Waals surface area contributed by atoms with Gasteiger partial charge in [0, 0.05) is 5.56 Å². The molecule has 4 rings (SSSR count). The molecule has 0 fully saturated rings. The first-order valence-corrected chi connectivity index (χ1v) is 12.0. The van der Waals surface area contributed by atoms with Crippen LogP contribution in [0.2, 0.25) is 0 Å². The lowest BCUT2D eigenvalue weighted by atomic mass is 10.2. The smallest absolute Gasteiger partial charge is 0.150 e. The van der Waals surface area contributed by atoms with E-state index >= 15 is 0 Å². The van der Waals surface area contributed by atoms with Crippen molar-refractivity contribution in [1.29, 1.82) is 0 Å². The molecule has 2 nitrogen and oxygen atoms in total. The van der Waals surface area contributed by atoms with Crippen molar-refractivity contribution >= 4 is 46.4 Å². The number of carbonyl (C=O) groups is 1. The van der Waals surface area contributed by atoms with Crippen LogP contribution >= 0.6 is 24.2 Å². The molecular formula is C27H25BrO2P+. The van der Waals surface area contributed by atoms with Crippen molar-refractivity contribution in [3.8, 4) is 5.75 Å². The zero-order chi connectivity index (χ0) is 20.7. The molecule has 4 aromatic rings. The lowest BCUT2D eigenvalue weighted by Gasteiger charge is -2.27. The van der Waals surface area contributed by atoms with Crippen molar-refractivity contribution in [3.05, 3.63) is 121 Å². The maximum Gasteiger partial charge on any atom is 0.150 e. The molecule has 0 aliphatic carbocycles. The molecule has 0 spiro atoms. The molecule has 0 N–H and O–H groups in total. The molecular weight excluding hydrogens is 467 g/mol. The largest absolute Gasteiger partial charge is 0.490 e. The molecule has 0 heterocycles. The first-order chi connectivity index (χ1) is 14.8. The predicted molar refractivity (Wildman–Crippen MR) is 138 cm³/mol. The lowest BCUT2D eigenvalue weighted by Crippen LogP contribution is -2.35. The number of hydrogen-bond donors (Lipinski definition) is 0. The van der Waals surface area contributed by atoms with Crippen molar-refractivity contribution < 1.29 is 9.53 Å². The normalized spacial score (nSPS) is 10.7. The van der Waals surface area contributed by atoms with Gasteiger partial charge in [0.25, 0.3) is 0 Å². The summed E-state index contributed by atoms with van der Waals surface area (Å²) in [5.74, 6) is 0.785. The van der Waals surface area contributed by atoms with Crippen LogP contribution in [0.15, 0.2) is 115 Å². The molecule has 0 atom stereocenters. The third kappa shape index (κ3) is 5.12. The van der Waals surface area contributed by atoms with E-state index in [2.05, 4.69) is 91.0 Å². The van der Waals surface area contributed by atoms with Crippen LogP contribution in [-0.2, 0) is 0 Å². The van der Waals surface area contributed by atoms with E-state index in [0.717, 1.165) is 18.2 Å². The monoisotopic (exact) mass is 491 g/mol. The Hall–Kier alpha value is -2.74. The minimum Gasteiger partial charge on any atom is -0.490 e. The molecule has 4 heteroatoms. The summed E-state index contributed by atoms with van der Waals surface area (Å²) in [6, 6.07) is 39.7. The van der Waals surface area contributed by atoms with Crippen LogP contribution in [0.1, 0.15) is 10.4 Å². The molecule has 0 unspecified atom stereocenters. The Labute approximate surface area is 195 Å². The Morgan fingerprint density at radius 3 is 1.42 bits per heavy atom. The molecule has 31 heavy (non-hydrogen) atoms. The zero-order valence-electron chi connectivity index (χ0n) is 17.1. The summed E-state index contributed by atoms with van der Waals surface area (Å²) in [6.45, 7) is 0.590. The Morgan fingerprint density at radius 2 is 1.03 bits per heavy atom. The average molecular weight is 492 g/mol. The van der Waals surface area contributed by atoms with Gasteiger partial charge in [0.1, 0.15) is 48.0 Å². The second-order valence-electron chi connectivity index (χ2n) is 7.08. The molecule has 0 bridgehead atoms. The summed E-state index contributed by atoms with van der Waals surface area (Å²) < 4.78 is 6.14. The Balaban J connectivity index is 0.00000272. The van der Waals surface area contributed by atoms with Crippen LogP contribution < -0.4 is 20.7 Å². The fraction of sp³-hybridized carbons (Fsp3) is 0.0741.